The second-order valence-electron chi connectivity index (χ2n) is 8.86. The van der Waals surface area contributed by atoms with Crippen molar-refractivity contribution in [1.82, 2.24) is 9.80 Å². The average molecular weight is 471 g/mol. The minimum Gasteiger partial charge on any atom is -0.507 e. The number of rotatable bonds is 9. The minimum absolute atomic E-state index is 0.115. The van der Waals surface area contributed by atoms with Gasteiger partial charge in [-0.25, -0.2) is 0 Å². The first kappa shape index (κ1) is 24.2. The summed E-state index contributed by atoms with van der Waals surface area (Å²) < 4.78 is 5.83. The Hall–Kier alpha value is -3.90. The molecular formula is C29H30N2O4. The number of ketones is 1. The maximum Gasteiger partial charge on any atom is 0.295 e. The molecule has 3 aromatic rings. The molecule has 1 saturated heterocycles. The molecule has 1 amide bonds. The number of amides is 1. The van der Waals surface area contributed by atoms with E-state index in [1.807, 2.05) is 79.7 Å². The summed E-state index contributed by atoms with van der Waals surface area (Å²) in [5.74, 6) is -0.774. The average Bonchev–Trinajstić information content (AvgIpc) is 3.13. The molecule has 0 unspecified atom stereocenters. The molecule has 1 atom stereocenters. The van der Waals surface area contributed by atoms with E-state index >= 15 is 0 Å². The highest BCUT2D eigenvalue weighted by molar-refractivity contribution is 6.46. The van der Waals surface area contributed by atoms with Crippen LogP contribution in [-0.2, 0) is 16.2 Å². The lowest BCUT2D eigenvalue weighted by molar-refractivity contribution is -0.139. The van der Waals surface area contributed by atoms with Crippen molar-refractivity contribution in [2.24, 2.45) is 0 Å². The van der Waals surface area contributed by atoms with E-state index in [4.69, 9.17) is 4.74 Å². The van der Waals surface area contributed by atoms with E-state index in [9.17, 15) is 14.7 Å². The van der Waals surface area contributed by atoms with Gasteiger partial charge in [0.05, 0.1) is 11.6 Å². The van der Waals surface area contributed by atoms with Crippen LogP contribution in [0.15, 0.2) is 90.5 Å². The third-order valence-electron chi connectivity index (χ3n) is 6.04. The van der Waals surface area contributed by atoms with Crippen molar-refractivity contribution in [3.8, 4) is 5.75 Å². The van der Waals surface area contributed by atoms with Gasteiger partial charge in [0.15, 0.2) is 0 Å². The topological polar surface area (TPSA) is 70.1 Å². The van der Waals surface area contributed by atoms with Gasteiger partial charge in [-0.05, 0) is 62.5 Å². The van der Waals surface area contributed by atoms with Crippen molar-refractivity contribution >= 4 is 17.4 Å². The number of hydrogen-bond donors (Lipinski definition) is 1. The SMILES string of the molecule is CN(C)CCCN1C(=O)C(=O)C(=C(O)c2ccc(OCc3ccccc3)cc2)[C@@H]1c1ccccc1. The number of carbonyl (C=O) groups is 2. The van der Waals surface area contributed by atoms with Gasteiger partial charge in [0.2, 0.25) is 0 Å². The molecule has 0 aromatic heterocycles. The zero-order chi connectivity index (χ0) is 24.8. The lowest BCUT2D eigenvalue weighted by Crippen LogP contribution is -2.32. The first-order valence-corrected chi connectivity index (χ1v) is 11.7. The van der Waals surface area contributed by atoms with Gasteiger partial charge >= 0.3 is 0 Å². The van der Waals surface area contributed by atoms with Crippen LogP contribution in [0.4, 0.5) is 0 Å². The number of hydrogen-bond acceptors (Lipinski definition) is 5. The Morgan fingerprint density at radius 3 is 2.17 bits per heavy atom. The van der Waals surface area contributed by atoms with Gasteiger partial charge in [-0.15, -0.1) is 0 Å². The predicted molar refractivity (Wildman–Crippen MR) is 136 cm³/mol. The van der Waals surface area contributed by atoms with E-state index in [-0.39, 0.29) is 11.3 Å². The third-order valence-corrected chi connectivity index (χ3v) is 6.04. The smallest absolute Gasteiger partial charge is 0.295 e. The van der Waals surface area contributed by atoms with Crippen LogP contribution in [0, 0.1) is 0 Å². The Kier molecular flexibility index (Phi) is 7.63. The molecule has 0 bridgehead atoms. The number of aliphatic hydroxyl groups excluding tert-OH is 1. The zero-order valence-corrected chi connectivity index (χ0v) is 20.1. The van der Waals surface area contributed by atoms with Crippen molar-refractivity contribution in [3.63, 3.8) is 0 Å². The molecule has 180 valence electrons. The number of carbonyl (C=O) groups excluding carboxylic acids is 2. The number of nitrogens with zero attached hydrogens (tertiary/aromatic N) is 2. The molecule has 35 heavy (non-hydrogen) atoms. The molecule has 4 rings (SSSR count). The highest BCUT2D eigenvalue weighted by Crippen LogP contribution is 2.39. The van der Waals surface area contributed by atoms with Crippen molar-refractivity contribution in [1.29, 1.82) is 0 Å². The molecule has 1 aliphatic heterocycles. The Bertz CT molecular complexity index is 1190. The molecule has 1 fully saturated rings. The minimum atomic E-state index is -0.661. The fourth-order valence-electron chi connectivity index (χ4n) is 4.26. The first-order chi connectivity index (χ1) is 17.0. The molecule has 0 aliphatic carbocycles. The Balaban J connectivity index is 1.61. The molecule has 6 heteroatoms. The molecular weight excluding hydrogens is 440 g/mol. The molecule has 1 heterocycles. The Labute approximate surface area is 206 Å². The predicted octanol–water partition coefficient (Wildman–Crippen LogP) is 4.64. The van der Waals surface area contributed by atoms with Gasteiger partial charge in [0.25, 0.3) is 11.7 Å². The second-order valence-corrected chi connectivity index (χ2v) is 8.86. The summed E-state index contributed by atoms with van der Waals surface area (Å²) in [5.41, 5.74) is 2.42. The van der Waals surface area contributed by atoms with Gasteiger partial charge in [-0.1, -0.05) is 60.7 Å². The van der Waals surface area contributed by atoms with Crippen LogP contribution in [0.25, 0.3) is 5.76 Å². The van der Waals surface area contributed by atoms with Gasteiger partial charge in [0.1, 0.15) is 18.1 Å². The monoisotopic (exact) mass is 470 g/mol. The van der Waals surface area contributed by atoms with Gasteiger partial charge in [-0.3, -0.25) is 9.59 Å². The molecule has 6 nitrogen and oxygen atoms in total. The van der Waals surface area contributed by atoms with Crippen LogP contribution in [0.3, 0.4) is 0 Å². The quantitative estimate of drug-likeness (QED) is 0.280. The molecule has 0 spiro atoms. The summed E-state index contributed by atoms with van der Waals surface area (Å²) in [6.45, 7) is 1.64. The number of Topliss-reactive ketones (excluding diaryl/α,β-unsaturated/α-hetero) is 1. The van der Waals surface area contributed by atoms with E-state index < -0.39 is 17.7 Å². The van der Waals surface area contributed by atoms with Crippen molar-refractivity contribution < 1.29 is 19.4 Å². The molecule has 3 aromatic carbocycles. The van der Waals surface area contributed by atoms with Gasteiger partial charge in [0, 0.05) is 12.1 Å². The summed E-state index contributed by atoms with van der Waals surface area (Å²) in [4.78, 5) is 29.7. The van der Waals surface area contributed by atoms with Crippen molar-refractivity contribution in [3.05, 3.63) is 107 Å². The largest absolute Gasteiger partial charge is 0.507 e. The second kappa shape index (κ2) is 11.0. The zero-order valence-electron chi connectivity index (χ0n) is 20.1. The normalized spacial score (nSPS) is 17.2. The first-order valence-electron chi connectivity index (χ1n) is 11.7. The van der Waals surface area contributed by atoms with Gasteiger partial charge in [-0.2, -0.15) is 0 Å². The lowest BCUT2D eigenvalue weighted by Gasteiger charge is -2.26. The van der Waals surface area contributed by atoms with E-state index in [0.29, 0.717) is 24.5 Å². The van der Waals surface area contributed by atoms with Crippen molar-refractivity contribution in [2.75, 3.05) is 27.2 Å². The van der Waals surface area contributed by atoms with E-state index in [0.717, 1.165) is 24.1 Å². The molecule has 1 N–H and O–H groups in total. The van der Waals surface area contributed by atoms with Crippen LogP contribution in [0.2, 0.25) is 0 Å². The lowest BCUT2D eigenvalue weighted by atomic mass is 9.95. The number of aliphatic hydroxyl groups is 1. The maximum absolute atomic E-state index is 13.1. The molecule has 0 saturated carbocycles. The fraction of sp³-hybridized carbons (Fsp3) is 0.241. The van der Waals surface area contributed by atoms with Crippen LogP contribution < -0.4 is 4.74 Å². The van der Waals surface area contributed by atoms with Crippen LogP contribution >= 0.6 is 0 Å². The maximum atomic E-state index is 13.1. The van der Waals surface area contributed by atoms with E-state index in [1.165, 1.54) is 0 Å². The van der Waals surface area contributed by atoms with Crippen LogP contribution in [0.5, 0.6) is 5.75 Å². The number of benzene rings is 3. The summed E-state index contributed by atoms with van der Waals surface area (Å²) in [5, 5.41) is 11.2. The van der Waals surface area contributed by atoms with Crippen molar-refractivity contribution in [2.45, 2.75) is 19.1 Å². The Morgan fingerprint density at radius 1 is 0.914 bits per heavy atom. The summed E-state index contributed by atoms with van der Waals surface area (Å²) in [6, 6.07) is 25.5. The fourth-order valence-corrected chi connectivity index (χ4v) is 4.26. The molecule has 1 aliphatic rings. The van der Waals surface area contributed by atoms with Crippen LogP contribution in [0.1, 0.15) is 29.2 Å². The highest BCUT2D eigenvalue weighted by atomic mass is 16.5. The molecule has 0 radical (unpaired) electrons. The van der Waals surface area contributed by atoms with E-state index in [2.05, 4.69) is 0 Å². The number of ether oxygens (including phenoxy) is 1. The third kappa shape index (κ3) is 5.61. The summed E-state index contributed by atoms with van der Waals surface area (Å²) >= 11 is 0. The summed E-state index contributed by atoms with van der Waals surface area (Å²) in [7, 11) is 3.94. The van der Waals surface area contributed by atoms with E-state index in [1.54, 1.807) is 29.2 Å². The summed E-state index contributed by atoms with van der Waals surface area (Å²) in [6.07, 6.45) is 0.719. The van der Waals surface area contributed by atoms with Gasteiger partial charge < -0.3 is 19.6 Å². The number of likely N-dealkylation sites (tertiary alicyclic amines) is 1. The standard InChI is InChI=1S/C29H30N2O4/c1-30(2)18-9-19-31-26(22-12-7-4-8-13-22)25(28(33)29(31)34)27(32)23-14-16-24(17-15-23)35-20-21-10-5-3-6-11-21/h3-8,10-17,26,32H,9,18-20H2,1-2H3/t26-/m0/s1. The van der Waals surface area contributed by atoms with Crippen LogP contribution in [-0.4, -0.2) is 53.8 Å². The highest BCUT2D eigenvalue weighted by Gasteiger charge is 2.45. The Morgan fingerprint density at radius 2 is 1.54 bits per heavy atom.